The Kier molecular flexibility index (Phi) is 5.05. The minimum Gasteiger partial charge on any atom is -0.496 e. The predicted molar refractivity (Wildman–Crippen MR) is 95.7 cm³/mol. The number of benzene rings is 2. The van der Waals surface area contributed by atoms with E-state index in [-0.39, 0.29) is 11.3 Å². The third-order valence-corrected chi connectivity index (χ3v) is 5.52. The number of carbonyl (C=O) groups is 1. The summed E-state index contributed by atoms with van der Waals surface area (Å²) < 4.78 is 5.31. The Morgan fingerprint density at radius 3 is 2.78 bits per heavy atom. The van der Waals surface area contributed by atoms with Crippen molar-refractivity contribution in [2.24, 2.45) is 0 Å². The van der Waals surface area contributed by atoms with Gasteiger partial charge in [-0.2, -0.15) is 0 Å². The fourth-order valence-electron chi connectivity index (χ4n) is 2.61. The Bertz CT molecular complexity index is 738. The quantitative estimate of drug-likeness (QED) is 0.773. The molecule has 1 heterocycles. The number of methoxy groups -OCH3 is 1. The van der Waals surface area contributed by atoms with E-state index in [1.807, 2.05) is 23.1 Å². The first-order chi connectivity index (χ1) is 11.1. The number of amides is 1. The molecule has 1 aliphatic rings. The van der Waals surface area contributed by atoms with Gasteiger partial charge in [-0.25, -0.2) is 0 Å². The molecule has 1 amide bonds. The van der Waals surface area contributed by atoms with Crippen molar-refractivity contribution in [2.75, 3.05) is 19.4 Å². The number of halogens is 2. The van der Waals surface area contributed by atoms with Crippen LogP contribution in [-0.2, 0) is 0 Å². The van der Waals surface area contributed by atoms with E-state index in [0.717, 1.165) is 11.3 Å². The molecule has 2 aromatic carbocycles. The molecule has 2 aromatic rings. The van der Waals surface area contributed by atoms with Crippen molar-refractivity contribution in [3.8, 4) is 5.75 Å². The summed E-state index contributed by atoms with van der Waals surface area (Å²) in [6.07, 6.45) is 0. The molecule has 1 aliphatic heterocycles. The lowest BCUT2D eigenvalue weighted by Crippen LogP contribution is -2.30. The molecule has 0 spiro atoms. The molecule has 6 heteroatoms. The van der Waals surface area contributed by atoms with Crippen molar-refractivity contribution in [1.29, 1.82) is 0 Å². The lowest BCUT2D eigenvalue weighted by molar-refractivity contribution is 0.0757. The molecule has 120 valence electrons. The SMILES string of the molecule is COc1ccccc1C(=O)N1CCS[C@H]1c1ccc(Cl)cc1Cl. The third kappa shape index (κ3) is 3.30. The van der Waals surface area contributed by atoms with Crippen molar-refractivity contribution in [3.63, 3.8) is 0 Å². The zero-order chi connectivity index (χ0) is 16.4. The minimum absolute atomic E-state index is 0.0523. The molecular weight excluding hydrogens is 353 g/mol. The van der Waals surface area contributed by atoms with Crippen LogP contribution in [0.5, 0.6) is 5.75 Å². The number of hydrogen-bond donors (Lipinski definition) is 0. The highest BCUT2D eigenvalue weighted by Gasteiger charge is 2.33. The van der Waals surface area contributed by atoms with Gasteiger partial charge < -0.3 is 9.64 Å². The van der Waals surface area contributed by atoms with Crippen LogP contribution in [0.1, 0.15) is 21.3 Å². The molecule has 3 nitrogen and oxygen atoms in total. The topological polar surface area (TPSA) is 29.5 Å². The largest absolute Gasteiger partial charge is 0.496 e. The monoisotopic (exact) mass is 367 g/mol. The van der Waals surface area contributed by atoms with E-state index in [4.69, 9.17) is 27.9 Å². The number of carbonyl (C=O) groups excluding carboxylic acids is 1. The number of ether oxygens (including phenoxy) is 1. The summed E-state index contributed by atoms with van der Waals surface area (Å²) in [5, 5.41) is 1.05. The fraction of sp³-hybridized carbons (Fsp3) is 0.235. The molecule has 23 heavy (non-hydrogen) atoms. The molecular formula is C17H15Cl2NO2S. The number of nitrogens with zero attached hydrogens (tertiary/aromatic N) is 1. The summed E-state index contributed by atoms with van der Waals surface area (Å²) in [5.74, 6) is 1.39. The molecule has 1 atom stereocenters. The smallest absolute Gasteiger partial charge is 0.258 e. The van der Waals surface area contributed by atoms with Crippen LogP contribution in [0.2, 0.25) is 10.0 Å². The second-order valence-electron chi connectivity index (χ2n) is 5.09. The van der Waals surface area contributed by atoms with Gasteiger partial charge in [-0.1, -0.05) is 41.4 Å². The number of para-hydroxylation sites is 1. The molecule has 0 unspecified atom stereocenters. The molecule has 0 aliphatic carbocycles. The van der Waals surface area contributed by atoms with Crippen LogP contribution in [0.4, 0.5) is 0 Å². The molecule has 1 fully saturated rings. The molecule has 0 radical (unpaired) electrons. The Labute approximate surface area is 149 Å². The zero-order valence-electron chi connectivity index (χ0n) is 12.5. The van der Waals surface area contributed by atoms with Gasteiger partial charge in [0.25, 0.3) is 5.91 Å². The Morgan fingerprint density at radius 2 is 2.04 bits per heavy atom. The lowest BCUT2D eigenvalue weighted by atomic mass is 10.1. The van der Waals surface area contributed by atoms with Crippen LogP contribution >= 0.6 is 35.0 Å². The van der Waals surface area contributed by atoms with Crippen molar-refractivity contribution < 1.29 is 9.53 Å². The summed E-state index contributed by atoms with van der Waals surface area (Å²) in [7, 11) is 1.57. The minimum atomic E-state index is -0.114. The molecule has 3 rings (SSSR count). The fourth-order valence-corrected chi connectivity index (χ4v) is 4.48. The van der Waals surface area contributed by atoms with Crippen LogP contribution in [0.25, 0.3) is 0 Å². The summed E-state index contributed by atoms with van der Waals surface area (Å²) in [4.78, 5) is 14.8. The van der Waals surface area contributed by atoms with Gasteiger partial charge in [0.15, 0.2) is 0 Å². The standard InChI is InChI=1S/C17H15Cl2NO2S/c1-22-15-5-3-2-4-13(15)16(21)20-8-9-23-17(20)12-7-6-11(18)10-14(12)19/h2-7,10,17H,8-9H2,1H3/t17-/m0/s1. The van der Waals surface area contributed by atoms with Gasteiger partial charge in [-0.3, -0.25) is 4.79 Å². The molecule has 0 bridgehead atoms. The summed E-state index contributed by atoms with van der Waals surface area (Å²) in [6, 6.07) is 12.7. The first-order valence-corrected chi connectivity index (χ1v) is 8.93. The number of rotatable bonds is 3. The maximum absolute atomic E-state index is 13.0. The Hall–Kier alpha value is -1.36. The van der Waals surface area contributed by atoms with Crippen molar-refractivity contribution in [2.45, 2.75) is 5.37 Å². The van der Waals surface area contributed by atoms with Crippen LogP contribution in [0.3, 0.4) is 0 Å². The maximum atomic E-state index is 13.0. The van der Waals surface area contributed by atoms with Crippen LogP contribution in [0, 0.1) is 0 Å². The molecule has 1 saturated heterocycles. The second kappa shape index (κ2) is 7.04. The normalized spacial score (nSPS) is 17.3. The molecule has 0 N–H and O–H groups in total. The van der Waals surface area contributed by atoms with Crippen LogP contribution in [-0.4, -0.2) is 30.2 Å². The third-order valence-electron chi connectivity index (χ3n) is 3.72. The van der Waals surface area contributed by atoms with Gasteiger partial charge in [-0.15, -0.1) is 11.8 Å². The summed E-state index contributed by atoms with van der Waals surface area (Å²) in [5.41, 5.74) is 1.47. The Balaban J connectivity index is 1.94. The van der Waals surface area contributed by atoms with E-state index >= 15 is 0 Å². The zero-order valence-corrected chi connectivity index (χ0v) is 14.8. The Morgan fingerprint density at radius 1 is 1.26 bits per heavy atom. The van der Waals surface area contributed by atoms with E-state index in [0.29, 0.717) is 27.9 Å². The maximum Gasteiger partial charge on any atom is 0.258 e. The highest BCUT2D eigenvalue weighted by atomic mass is 35.5. The van der Waals surface area contributed by atoms with Crippen LogP contribution in [0.15, 0.2) is 42.5 Å². The van der Waals surface area contributed by atoms with E-state index in [1.54, 1.807) is 43.1 Å². The summed E-state index contributed by atoms with van der Waals surface area (Å²) in [6.45, 7) is 0.672. The van der Waals surface area contributed by atoms with Gasteiger partial charge in [0.2, 0.25) is 0 Å². The van der Waals surface area contributed by atoms with E-state index in [2.05, 4.69) is 0 Å². The lowest BCUT2D eigenvalue weighted by Gasteiger charge is -2.25. The molecule has 0 saturated carbocycles. The highest BCUT2D eigenvalue weighted by Crippen LogP contribution is 2.42. The summed E-state index contributed by atoms with van der Waals surface area (Å²) >= 11 is 14.0. The van der Waals surface area contributed by atoms with Gasteiger partial charge in [0.05, 0.1) is 12.7 Å². The average Bonchev–Trinajstić information content (AvgIpc) is 3.03. The first-order valence-electron chi connectivity index (χ1n) is 7.12. The average molecular weight is 368 g/mol. The number of hydrogen-bond acceptors (Lipinski definition) is 3. The highest BCUT2D eigenvalue weighted by molar-refractivity contribution is 7.99. The molecule has 0 aromatic heterocycles. The van der Waals surface area contributed by atoms with Crippen LogP contribution < -0.4 is 4.74 Å². The van der Waals surface area contributed by atoms with E-state index in [9.17, 15) is 4.79 Å². The van der Waals surface area contributed by atoms with Crippen molar-refractivity contribution >= 4 is 40.9 Å². The van der Waals surface area contributed by atoms with Crippen molar-refractivity contribution in [3.05, 3.63) is 63.6 Å². The first kappa shape index (κ1) is 16.5. The predicted octanol–water partition coefficient (Wildman–Crippen LogP) is 4.89. The van der Waals surface area contributed by atoms with E-state index in [1.165, 1.54) is 0 Å². The van der Waals surface area contributed by atoms with Gasteiger partial charge in [0, 0.05) is 27.9 Å². The van der Waals surface area contributed by atoms with E-state index < -0.39 is 0 Å². The van der Waals surface area contributed by atoms with Crippen molar-refractivity contribution in [1.82, 2.24) is 4.90 Å². The number of thioether (sulfide) groups is 1. The van der Waals surface area contributed by atoms with Gasteiger partial charge in [0.1, 0.15) is 11.1 Å². The second-order valence-corrected chi connectivity index (χ2v) is 7.12. The van der Waals surface area contributed by atoms with Gasteiger partial charge >= 0.3 is 0 Å². The van der Waals surface area contributed by atoms with Gasteiger partial charge in [-0.05, 0) is 24.3 Å².